The van der Waals surface area contributed by atoms with Crippen LogP contribution in [0.25, 0.3) is 0 Å². The van der Waals surface area contributed by atoms with E-state index in [1.54, 1.807) is 0 Å². The fourth-order valence-corrected chi connectivity index (χ4v) is 2.91. The average molecular weight is 177 g/mol. The molecule has 1 heterocycles. The van der Waals surface area contributed by atoms with E-state index in [4.69, 9.17) is 0 Å². The van der Waals surface area contributed by atoms with E-state index >= 15 is 0 Å². The van der Waals surface area contributed by atoms with Crippen LogP contribution >= 0.6 is 11.8 Å². The van der Waals surface area contributed by atoms with Gasteiger partial charge >= 0.3 is 0 Å². The topological polar surface area (TPSA) is 0 Å². The van der Waals surface area contributed by atoms with Crippen molar-refractivity contribution >= 4 is 11.8 Å². The molecule has 63 valence electrons. The maximum atomic E-state index is 3.50. The largest absolute Gasteiger partial charge is 0.117 e. The Morgan fingerprint density at radius 3 is 3.08 bits per heavy atom. The van der Waals surface area contributed by atoms with Gasteiger partial charge in [0.15, 0.2) is 0 Å². The normalized spacial score (nSPS) is 26.5. The van der Waals surface area contributed by atoms with E-state index in [9.17, 15) is 0 Å². The van der Waals surface area contributed by atoms with Gasteiger partial charge in [-0.05, 0) is 35.5 Å². The zero-order chi connectivity index (χ0) is 8.55. The van der Waals surface area contributed by atoms with Crippen LogP contribution in [0, 0.1) is 6.08 Å². The molecule has 0 amide bonds. The monoisotopic (exact) mass is 177 g/mol. The first kappa shape index (κ1) is 8.18. The zero-order valence-electron chi connectivity index (χ0n) is 7.55. The maximum absolute atomic E-state index is 3.50. The Morgan fingerprint density at radius 1 is 1.58 bits per heavy atom. The Labute approximate surface area is 78.4 Å². The highest BCUT2D eigenvalue weighted by atomic mass is 32.2. The lowest BCUT2D eigenvalue weighted by molar-refractivity contribution is 0.946. The first-order chi connectivity index (χ1) is 5.81. The summed E-state index contributed by atoms with van der Waals surface area (Å²) in [5, 5.41) is 0.603. The van der Waals surface area contributed by atoms with E-state index in [1.165, 1.54) is 28.9 Å². The Kier molecular flexibility index (Phi) is 2.14. The Morgan fingerprint density at radius 2 is 2.42 bits per heavy atom. The fraction of sp³-hybridized carbons (Fsp3) is 0.455. The lowest BCUT2D eigenvalue weighted by atomic mass is 10.1. The lowest BCUT2D eigenvalue weighted by Crippen LogP contribution is -1.91. The molecule has 0 aromatic carbocycles. The number of hydrogen-bond acceptors (Lipinski definition) is 1. The molecule has 0 saturated carbocycles. The van der Waals surface area contributed by atoms with E-state index in [0.29, 0.717) is 5.25 Å². The first-order valence-electron chi connectivity index (χ1n) is 4.49. The molecular formula is C11H13S. The molecule has 1 aliphatic carbocycles. The van der Waals surface area contributed by atoms with Gasteiger partial charge in [-0.1, -0.05) is 25.5 Å². The third kappa shape index (κ3) is 1.27. The molecule has 1 atom stereocenters. The van der Waals surface area contributed by atoms with Gasteiger partial charge in [-0.2, -0.15) is 0 Å². The average Bonchev–Trinajstić information content (AvgIpc) is 2.55. The quantitative estimate of drug-likeness (QED) is 0.622. The third-order valence-corrected chi connectivity index (χ3v) is 3.49. The molecule has 0 N–H and O–H groups in total. The van der Waals surface area contributed by atoms with Crippen LogP contribution in [0.4, 0.5) is 0 Å². The van der Waals surface area contributed by atoms with Crippen molar-refractivity contribution in [2.75, 3.05) is 0 Å². The molecule has 2 rings (SSSR count). The zero-order valence-corrected chi connectivity index (χ0v) is 8.37. The van der Waals surface area contributed by atoms with Gasteiger partial charge in [-0.25, -0.2) is 0 Å². The van der Waals surface area contributed by atoms with E-state index in [0.717, 1.165) is 0 Å². The summed E-state index contributed by atoms with van der Waals surface area (Å²) in [6.07, 6.45) is 10.4. The fourth-order valence-electron chi connectivity index (χ4n) is 1.59. The van der Waals surface area contributed by atoms with Crippen LogP contribution in [0.1, 0.15) is 26.7 Å². The molecule has 1 aliphatic heterocycles. The molecule has 0 bridgehead atoms. The number of fused-ring (bicyclic) bond motifs is 1. The summed E-state index contributed by atoms with van der Waals surface area (Å²) in [6, 6.07) is 0. The Bertz CT molecular complexity index is 281. The van der Waals surface area contributed by atoms with Crippen molar-refractivity contribution in [1.82, 2.24) is 0 Å². The minimum atomic E-state index is 0.603. The first-order valence-corrected chi connectivity index (χ1v) is 5.37. The standard InChI is InChI=1S/C11H13S/c1-3-4-9-7-10-8(2)5-6-11(10)12-9/h5-6,11H,3-4H2,1-2H3. The van der Waals surface area contributed by atoms with Crippen LogP contribution in [0.15, 0.2) is 28.2 Å². The lowest BCUT2D eigenvalue weighted by Gasteiger charge is -2.01. The minimum Gasteiger partial charge on any atom is -0.117 e. The molecule has 0 aromatic rings. The van der Waals surface area contributed by atoms with Gasteiger partial charge in [0, 0.05) is 0 Å². The summed E-state index contributed by atoms with van der Waals surface area (Å²) in [5.41, 5.74) is 2.82. The summed E-state index contributed by atoms with van der Waals surface area (Å²) in [7, 11) is 0. The maximum Gasteiger partial charge on any atom is 0.0533 e. The van der Waals surface area contributed by atoms with Crippen molar-refractivity contribution in [1.29, 1.82) is 0 Å². The van der Waals surface area contributed by atoms with Gasteiger partial charge in [-0.15, -0.1) is 11.8 Å². The summed E-state index contributed by atoms with van der Waals surface area (Å²) < 4.78 is 0. The second-order valence-corrected chi connectivity index (χ2v) is 4.53. The van der Waals surface area contributed by atoms with Crippen molar-refractivity contribution in [3.8, 4) is 0 Å². The molecule has 0 saturated heterocycles. The SMILES string of the molecule is CCCC1=[C]C2=C(C)C=CC2S1. The van der Waals surface area contributed by atoms with Gasteiger partial charge < -0.3 is 0 Å². The highest BCUT2D eigenvalue weighted by Crippen LogP contribution is 2.42. The molecule has 12 heavy (non-hydrogen) atoms. The number of hydrogen-bond donors (Lipinski definition) is 0. The summed E-state index contributed by atoms with van der Waals surface area (Å²) in [6.45, 7) is 4.40. The summed E-state index contributed by atoms with van der Waals surface area (Å²) >= 11 is 1.97. The highest BCUT2D eigenvalue weighted by molar-refractivity contribution is 8.04. The van der Waals surface area contributed by atoms with Gasteiger partial charge in [0.05, 0.1) is 5.25 Å². The van der Waals surface area contributed by atoms with Crippen molar-refractivity contribution in [2.45, 2.75) is 31.9 Å². The molecule has 0 fully saturated rings. The third-order valence-electron chi connectivity index (χ3n) is 2.25. The van der Waals surface area contributed by atoms with E-state index < -0.39 is 0 Å². The van der Waals surface area contributed by atoms with Crippen LogP contribution in [0.5, 0.6) is 0 Å². The van der Waals surface area contributed by atoms with Crippen LogP contribution in [-0.2, 0) is 0 Å². The van der Waals surface area contributed by atoms with Crippen LogP contribution in [0.2, 0.25) is 0 Å². The minimum absolute atomic E-state index is 0.603. The number of thioether (sulfide) groups is 1. The van der Waals surface area contributed by atoms with Crippen LogP contribution in [-0.4, -0.2) is 5.25 Å². The van der Waals surface area contributed by atoms with Crippen LogP contribution < -0.4 is 0 Å². The van der Waals surface area contributed by atoms with Gasteiger partial charge in [0.1, 0.15) is 0 Å². The van der Waals surface area contributed by atoms with Gasteiger partial charge in [-0.3, -0.25) is 0 Å². The molecule has 0 spiro atoms. The highest BCUT2D eigenvalue weighted by Gasteiger charge is 2.24. The van der Waals surface area contributed by atoms with Gasteiger partial charge in [0.2, 0.25) is 0 Å². The van der Waals surface area contributed by atoms with Crippen molar-refractivity contribution in [3.63, 3.8) is 0 Å². The van der Waals surface area contributed by atoms with Crippen molar-refractivity contribution in [3.05, 3.63) is 34.3 Å². The second kappa shape index (κ2) is 3.14. The summed E-state index contributed by atoms with van der Waals surface area (Å²) in [5.74, 6) is 0. The van der Waals surface area contributed by atoms with E-state index in [-0.39, 0.29) is 0 Å². The Hall–Kier alpha value is -0.430. The molecule has 2 aliphatic rings. The summed E-state index contributed by atoms with van der Waals surface area (Å²) in [4.78, 5) is 1.45. The molecule has 0 aromatic heterocycles. The van der Waals surface area contributed by atoms with Crippen molar-refractivity contribution < 1.29 is 0 Å². The van der Waals surface area contributed by atoms with E-state index in [1.807, 2.05) is 11.8 Å². The number of rotatable bonds is 2. The smallest absolute Gasteiger partial charge is 0.0533 e. The Balaban J connectivity index is 2.18. The predicted molar refractivity (Wildman–Crippen MR) is 54.9 cm³/mol. The second-order valence-electron chi connectivity index (χ2n) is 3.29. The molecule has 1 radical (unpaired) electrons. The number of allylic oxidation sites excluding steroid dienone is 4. The van der Waals surface area contributed by atoms with E-state index in [2.05, 4.69) is 32.1 Å². The molecule has 0 nitrogen and oxygen atoms in total. The molecule has 1 heteroatoms. The van der Waals surface area contributed by atoms with Crippen LogP contribution in [0.3, 0.4) is 0 Å². The van der Waals surface area contributed by atoms with Gasteiger partial charge in [0.25, 0.3) is 0 Å². The molecular weight excluding hydrogens is 164 g/mol. The predicted octanol–water partition coefficient (Wildman–Crippen LogP) is 3.48. The van der Waals surface area contributed by atoms with Crippen molar-refractivity contribution in [2.24, 2.45) is 0 Å². The molecule has 1 unspecified atom stereocenters.